The molecule has 2 aliphatic heterocycles. The third-order valence-corrected chi connectivity index (χ3v) is 6.02. The summed E-state index contributed by atoms with van der Waals surface area (Å²) in [6, 6.07) is 0.830. The lowest BCUT2D eigenvalue weighted by molar-refractivity contribution is -0.137. The first-order valence-electron chi connectivity index (χ1n) is 9.40. The van der Waals surface area contributed by atoms with Crippen molar-refractivity contribution in [2.45, 2.75) is 63.5 Å². The van der Waals surface area contributed by atoms with E-state index in [2.05, 4.69) is 4.90 Å². The van der Waals surface area contributed by atoms with Crippen LogP contribution in [0.5, 0.6) is 0 Å². The van der Waals surface area contributed by atoms with E-state index >= 15 is 0 Å². The summed E-state index contributed by atoms with van der Waals surface area (Å²) in [5.74, 6) is 0.817. The molecule has 0 spiro atoms. The Balaban J connectivity index is 1.39. The van der Waals surface area contributed by atoms with Crippen molar-refractivity contribution in [3.05, 3.63) is 0 Å². The highest BCUT2D eigenvalue weighted by Crippen LogP contribution is 2.34. The lowest BCUT2D eigenvalue weighted by Crippen LogP contribution is -2.42. The van der Waals surface area contributed by atoms with E-state index in [1.807, 2.05) is 4.90 Å². The van der Waals surface area contributed by atoms with Crippen molar-refractivity contribution in [3.63, 3.8) is 0 Å². The Bertz CT molecular complexity index is 465. The zero-order chi connectivity index (χ0) is 15.8. The van der Waals surface area contributed by atoms with Gasteiger partial charge < -0.3 is 14.5 Å². The molecule has 0 aromatic heterocycles. The third kappa shape index (κ3) is 3.25. The maximum absolute atomic E-state index is 13.0. The van der Waals surface area contributed by atoms with Gasteiger partial charge in [0.25, 0.3) is 0 Å². The van der Waals surface area contributed by atoms with Gasteiger partial charge in [0.15, 0.2) is 0 Å². The molecule has 0 N–H and O–H groups in total. The Labute approximate surface area is 138 Å². The van der Waals surface area contributed by atoms with E-state index in [0.717, 1.165) is 51.9 Å². The fourth-order valence-electron chi connectivity index (χ4n) is 4.51. The van der Waals surface area contributed by atoms with E-state index in [0.29, 0.717) is 31.0 Å². The van der Waals surface area contributed by atoms with Crippen LogP contribution in [0.15, 0.2) is 0 Å². The summed E-state index contributed by atoms with van der Waals surface area (Å²) in [5, 5.41) is 0. The summed E-state index contributed by atoms with van der Waals surface area (Å²) in [7, 11) is 0. The molecule has 0 aromatic rings. The molecule has 4 aliphatic rings. The fourth-order valence-corrected chi connectivity index (χ4v) is 4.51. The van der Waals surface area contributed by atoms with Crippen LogP contribution < -0.4 is 0 Å². The number of carbonyl (C=O) groups excluding carboxylic acids is 2. The first-order chi connectivity index (χ1) is 11.2. The zero-order valence-electron chi connectivity index (χ0n) is 13.9. The second-order valence-corrected chi connectivity index (χ2v) is 7.84. The topological polar surface area (TPSA) is 49.9 Å². The number of hydrogen-bond acceptors (Lipinski definition) is 3. The van der Waals surface area contributed by atoms with Gasteiger partial charge in [-0.1, -0.05) is 12.8 Å². The Kier molecular flexibility index (Phi) is 4.31. The molecule has 5 heteroatoms. The molecule has 2 aliphatic carbocycles. The Morgan fingerprint density at radius 1 is 1.17 bits per heavy atom. The fraction of sp³-hybridized carbons (Fsp3) is 0.889. The highest BCUT2D eigenvalue weighted by molar-refractivity contribution is 5.89. The molecular weight excluding hydrogens is 292 g/mol. The molecule has 2 atom stereocenters. The maximum Gasteiger partial charge on any atom is 0.228 e. The molecule has 4 fully saturated rings. The van der Waals surface area contributed by atoms with Crippen LogP contribution in [0.1, 0.15) is 51.4 Å². The zero-order valence-corrected chi connectivity index (χ0v) is 13.9. The molecule has 2 saturated heterocycles. The van der Waals surface area contributed by atoms with E-state index < -0.39 is 0 Å². The number of hydrogen-bond donors (Lipinski definition) is 0. The van der Waals surface area contributed by atoms with Gasteiger partial charge in [-0.05, 0) is 32.1 Å². The minimum Gasteiger partial charge on any atom is -0.381 e. The van der Waals surface area contributed by atoms with Gasteiger partial charge in [-0.3, -0.25) is 9.59 Å². The second-order valence-electron chi connectivity index (χ2n) is 7.84. The summed E-state index contributed by atoms with van der Waals surface area (Å²) in [5.41, 5.74) is 0. The molecular formula is C18H28N2O3. The molecule has 0 unspecified atom stereocenters. The van der Waals surface area contributed by atoms with Gasteiger partial charge in [0.2, 0.25) is 11.8 Å². The highest BCUT2D eigenvalue weighted by atomic mass is 16.5. The van der Waals surface area contributed by atoms with E-state index in [1.54, 1.807) is 0 Å². The number of likely N-dealkylation sites (tertiary alicyclic amines) is 1. The maximum atomic E-state index is 13.0. The predicted octanol–water partition coefficient (Wildman–Crippen LogP) is 1.80. The van der Waals surface area contributed by atoms with Gasteiger partial charge in [0.1, 0.15) is 0 Å². The van der Waals surface area contributed by atoms with Gasteiger partial charge in [-0.15, -0.1) is 0 Å². The summed E-state index contributed by atoms with van der Waals surface area (Å²) in [6.45, 7) is 3.10. The Morgan fingerprint density at radius 2 is 1.96 bits per heavy atom. The van der Waals surface area contributed by atoms with Crippen LogP contribution in [-0.4, -0.2) is 60.0 Å². The molecule has 2 heterocycles. The molecule has 0 bridgehead atoms. The number of amides is 2. The quantitative estimate of drug-likeness (QED) is 0.776. The lowest BCUT2D eigenvalue weighted by atomic mass is 10.0. The molecule has 128 valence electrons. The molecule has 4 rings (SSSR count). The SMILES string of the molecule is O=C1C[C@H](C(=O)N(C[C@@H]2CCOC2)C2CC2)CN1C1CCCC1. The number of rotatable bonds is 5. The average Bonchev–Trinajstić information content (AvgIpc) is 2.99. The van der Waals surface area contributed by atoms with E-state index in [9.17, 15) is 9.59 Å². The van der Waals surface area contributed by atoms with Crippen LogP contribution in [0.3, 0.4) is 0 Å². The van der Waals surface area contributed by atoms with Gasteiger partial charge >= 0.3 is 0 Å². The van der Waals surface area contributed by atoms with Crippen molar-refractivity contribution < 1.29 is 14.3 Å². The largest absolute Gasteiger partial charge is 0.381 e. The first-order valence-corrected chi connectivity index (χ1v) is 9.40. The van der Waals surface area contributed by atoms with E-state index in [1.165, 1.54) is 12.8 Å². The predicted molar refractivity (Wildman–Crippen MR) is 85.7 cm³/mol. The van der Waals surface area contributed by atoms with Crippen LogP contribution in [0.2, 0.25) is 0 Å². The average molecular weight is 320 g/mol. The van der Waals surface area contributed by atoms with Gasteiger partial charge in [-0.2, -0.15) is 0 Å². The van der Waals surface area contributed by atoms with Gasteiger partial charge in [0, 0.05) is 44.1 Å². The summed E-state index contributed by atoms with van der Waals surface area (Å²) < 4.78 is 5.46. The Morgan fingerprint density at radius 3 is 2.61 bits per heavy atom. The minimum atomic E-state index is -0.106. The Hall–Kier alpha value is -1.10. The summed E-state index contributed by atoms with van der Waals surface area (Å²) >= 11 is 0. The minimum absolute atomic E-state index is 0.106. The monoisotopic (exact) mass is 320 g/mol. The van der Waals surface area contributed by atoms with E-state index in [-0.39, 0.29) is 17.7 Å². The van der Waals surface area contributed by atoms with Crippen LogP contribution in [0, 0.1) is 11.8 Å². The normalized spacial score (nSPS) is 32.0. The van der Waals surface area contributed by atoms with Crippen molar-refractivity contribution >= 4 is 11.8 Å². The molecule has 0 radical (unpaired) electrons. The van der Waals surface area contributed by atoms with Crippen molar-refractivity contribution in [2.75, 3.05) is 26.3 Å². The lowest BCUT2D eigenvalue weighted by Gasteiger charge is -2.28. The van der Waals surface area contributed by atoms with E-state index in [4.69, 9.17) is 4.74 Å². The molecule has 2 saturated carbocycles. The van der Waals surface area contributed by atoms with Crippen LogP contribution in [-0.2, 0) is 14.3 Å². The van der Waals surface area contributed by atoms with Crippen LogP contribution in [0.4, 0.5) is 0 Å². The van der Waals surface area contributed by atoms with Crippen molar-refractivity contribution in [3.8, 4) is 0 Å². The van der Waals surface area contributed by atoms with Crippen LogP contribution >= 0.6 is 0 Å². The standard InChI is InChI=1S/C18H28N2O3/c21-17-9-14(11-19(17)15-3-1-2-4-15)18(22)20(16-5-6-16)10-13-7-8-23-12-13/h13-16H,1-12H2/t13-,14-/m0/s1. The number of ether oxygens (including phenoxy) is 1. The first kappa shape index (κ1) is 15.4. The number of nitrogens with zero attached hydrogens (tertiary/aromatic N) is 2. The van der Waals surface area contributed by atoms with Gasteiger partial charge in [0.05, 0.1) is 12.5 Å². The van der Waals surface area contributed by atoms with Gasteiger partial charge in [-0.25, -0.2) is 0 Å². The van der Waals surface area contributed by atoms with Crippen molar-refractivity contribution in [1.82, 2.24) is 9.80 Å². The second kappa shape index (κ2) is 6.42. The smallest absolute Gasteiger partial charge is 0.228 e. The van der Waals surface area contributed by atoms with Crippen molar-refractivity contribution in [2.24, 2.45) is 11.8 Å². The third-order valence-electron chi connectivity index (χ3n) is 6.02. The molecule has 23 heavy (non-hydrogen) atoms. The number of carbonyl (C=O) groups is 2. The molecule has 2 amide bonds. The summed E-state index contributed by atoms with van der Waals surface area (Å²) in [6.07, 6.45) is 8.45. The molecule has 0 aromatic carbocycles. The molecule has 5 nitrogen and oxygen atoms in total. The van der Waals surface area contributed by atoms with Crippen LogP contribution in [0.25, 0.3) is 0 Å². The van der Waals surface area contributed by atoms with Crippen molar-refractivity contribution in [1.29, 1.82) is 0 Å². The summed E-state index contributed by atoms with van der Waals surface area (Å²) in [4.78, 5) is 29.5. The highest BCUT2D eigenvalue weighted by Gasteiger charge is 2.43.